The van der Waals surface area contributed by atoms with E-state index in [2.05, 4.69) is 11.0 Å². The van der Waals surface area contributed by atoms with Crippen molar-refractivity contribution < 1.29 is 14.3 Å². The fourth-order valence-electron chi connectivity index (χ4n) is 2.13. The molecule has 0 radical (unpaired) electrons. The molecule has 0 N–H and O–H groups in total. The number of cyclic esters (lactones) is 2. The molecule has 0 bridgehead atoms. The highest BCUT2D eigenvalue weighted by molar-refractivity contribution is 8.00. The van der Waals surface area contributed by atoms with Gasteiger partial charge in [0.2, 0.25) is 0 Å². The number of rotatable bonds is 3. The van der Waals surface area contributed by atoms with Crippen LogP contribution in [0.1, 0.15) is 19.3 Å². The van der Waals surface area contributed by atoms with E-state index in [1.165, 1.54) is 19.3 Å². The first kappa shape index (κ1) is 11.0. The maximum atomic E-state index is 11.1. The van der Waals surface area contributed by atoms with Crippen LogP contribution in [0, 0.1) is 0 Å². The van der Waals surface area contributed by atoms with Crippen molar-refractivity contribution >= 4 is 23.7 Å². The monoisotopic (exact) mass is 229 g/mol. The second kappa shape index (κ2) is 4.14. The van der Waals surface area contributed by atoms with E-state index in [-0.39, 0.29) is 17.8 Å². The van der Waals surface area contributed by atoms with Crippen LogP contribution in [0.5, 0.6) is 0 Å². The summed E-state index contributed by atoms with van der Waals surface area (Å²) in [6.45, 7) is 1.34. The predicted molar refractivity (Wildman–Crippen MR) is 57.6 cm³/mol. The van der Waals surface area contributed by atoms with Crippen LogP contribution in [-0.4, -0.2) is 47.5 Å². The van der Waals surface area contributed by atoms with E-state index in [9.17, 15) is 9.59 Å². The maximum absolute atomic E-state index is 11.1. The number of ether oxygens (including phenoxy) is 1. The molecule has 2 fully saturated rings. The normalized spacial score (nSPS) is 25.9. The van der Waals surface area contributed by atoms with Crippen LogP contribution in [0.15, 0.2) is 0 Å². The molecule has 0 amide bonds. The van der Waals surface area contributed by atoms with Gasteiger partial charge in [0.25, 0.3) is 0 Å². The van der Waals surface area contributed by atoms with Crippen molar-refractivity contribution in [1.82, 2.24) is 4.90 Å². The summed E-state index contributed by atoms with van der Waals surface area (Å²) in [4.78, 5) is 24.1. The Kier molecular flexibility index (Phi) is 3.02. The van der Waals surface area contributed by atoms with Crippen molar-refractivity contribution in [3.8, 4) is 0 Å². The third-order valence-electron chi connectivity index (χ3n) is 3.14. The molecule has 5 heteroatoms. The summed E-state index contributed by atoms with van der Waals surface area (Å²) in [5.41, 5.74) is 0. The van der Waals surface area contributed by atoms with Crippen molar-refractivity contribution in [2.45, 2.75) is 24.0 Å². The Hall–Kier alpha value is -0.550. The Labute approximate surface area is 93.3 Å². The second-order valence-corrected chi connectivity index (χ2v) is 5.51. The fraction of sp³-hybridized carbons (Fsp3) is 0.800. The van der Waals surface area contributed by atoms with Gasteiger partial charge in [-0.1, -0.05) is 6.42 Å². The number of thioether (sulfide) groups is 1. The van der Waals surface area contributed by atoms with E-state index in [0.717, 1.165) is 6.54 Å². The number of hydrogen-bond donors (Lipinski definition) is 0. The van der Waals surface area contributed by atoms with Crippen molar-refractivity contribution in [3.05, 3.63) is 0 Å². The summed E-state index contributed by atoms with van der Waals surface area (Å²) in [5, 5.41) is 0. The third-order valence-corrected chi connectivity index (χ3v) is 4.55. The van der Waals surface area contributed by atoms with Gasteiger partial charge in [-0.05, 0) is 19.1 Å². The average Bonchev–Trinajstić information content (AvgIpc) is 2.10. The molecule has 0 atom stereocenters. The van der Waals surface area contributed by atoms with E-state index in [0.29, 0.717) is 0 Å². The van der Waals surface area contributed by atoms with Crippen LogP contribution in [-0.2, 0) is 14.3 Å². The molecule has 0 aromatic carbocycles. The van der Waals surface area contributed by atoms with Crippen LogP contribution in [0.3, 0.4) is 0 Å². The molecule has 0 unspecified atom stereocenters. The molecule has 1 aliphatic heterocycles. The second-order valence-electron chi connectivity index (χ2n) is 4.23. The molecule has 15 heavy (non-hydrogen) atoms. The van der Waals surface area contributed by atoms with Gasteiger partial charge >= 0.3 is 11.9 Å². The van der Waals surface area contributed by atoms with Gasteiger partial charge in [-0.2, -0.15) is 11.8 Å². The topological polar surface area (TPSA) is 46.6 Å². The molecule has 0 aromatic heterocycles. The van der Waals surface area contributed by atoms with Gasteiger partial charge in [-0.15, -0.1) is 0 Å². The van der Waals surface area contributed by atoms with Gasteiger partial charge in [0, 0.05) is 11.3 Å². The first-order valence-corrected chi connectivity index (χ1v) is 6.37. The summed E-state index contributed by atoms with van der Waals surface area (Å²) in [5.74, 6) is -0.830. The predicted octanol–water partition coefficient (Wildman–Crippen LogP) is 0.657. The summed E-state index contributed by atoms with van der Waals surface area (Å²) in [7, 11) is 0. The fourth-order valence-corrected chi connectivity index (χ4v) is 3.14. The van der Waals surface area contributed by atoms with Crippen LogP contribution in [0.4, 0.5) is 0 Å². The van der Waals surface area contributed by atoms with Crippen molar-refractivity contribution in [3.63, 3.8) is 0 Å². The molecule has 0 spiro atoms. The Morgan fingerprint density at radius 3 is 2.33 bits per heavy atom. The van der Waals surface area contributed by atoms with E-state index in [1.807, 2.05) is 16.7 Å². The maximum Gasteiger partial charge on any atom is 0.327 e. The number of hydrogen-bond acceptors (Lipinski definition) is 5. The smallest absolute Gasteiger partial charge is 0.327 e. The quantitative estimate of drug-likeness (QED) is 0.525. The van der Waals surface area contributed by atoms with Crippen molar-refractivity contribution in [1.29, 1.82) is 0 Å². The molecule has 2 aliphatic rings. The minimum Gasteiger partial charge on any atom is -0.391 e. The number of carbonyl (C=O) groups excluding carboxylic acids is 2. The minimum absolute atomic E-state index is 0.258. The Morgan fingerprint density at radius 1 is 1.33 bits per heavy atom. The average molecular weight is 229 g/mol. The lowest BCUT2D eigenvalue weighted by molar-refractivity contribution is -0.167. The zero-order chi connectivity index (χ0) is 10.9. The molecule has 1 saturated heterocycles. The molecule has 1 heterocycles. The number of nitrogens with zero attached hydrogens (tertiary/aromatic N) is 1. The third kappa shape index (κ3) is 2.34. The number of carbonyl (C=O) groups is 2. The Bertz CT molecular complexity index is 267. The zero-order valence-corrected chi connectivity index (χ0v) is 9.64. The Morgan fingerprint density at radius 2 is 1.93 bits per heavy atom. The van der Waals surface area contributed by atoms with Gasteiger partial charge in [0.1, 0.15) is 0 Å². The highest BCUT2D eigenvalue weighted by atomic mass is 32.2. The van der Waals surface area contributed by atoms with Crippen LogP contribution >= 0.6 is 11.8 Å². The number of esters is 2. The summed E-state index contributed by atoms with van der Waals surface area (Å²) in [6.07, 6.45) is 5.73. The van der Waals surface area contributed by atoms with E-state index in [4.69, 9.17) is 0 Å². The van der Waals surface area contributed by atoms with Crippen LogP contribution in [0.25, 0.3) is 0 Å². The summed E-state index contributed by atoms with van der Waals surface area (Å²) >= 11 is 1.85. The molecular formula is C10H15NO3S. The first-order chi connectivity index (χ1) is 7.13. The summed E-state index contributed by atoms with van der Waals surface area (Å²) in [6, 6.07) is 0. The SMILES string of the molecule is CSC1(CN2CC(=O)OC(=O)C2)CCC1. The van der Waals surface area contributed by atoms with Crippen molar-refractivity contribution in [2.75, 3.05) is 25.9 Å². The van der Waals surface area contributed by atoms with E-state index in [1.54, 1.807) is 0 Å². The molecule has 2 rings (SSSR count). The molecule has 4 nitrogen and oxygen atoms in total. The Balaban J connectivity index is 1.93. The van der Waals surface area contributed by atoms with Gasteiger partial charge in [-0.25, -0.2) is 0 Å². The van der Waals surface area contributed by atoms with Gasteiger partial charge in [-0.3, -0.25) is 14.5 Å². The molecule has 0 aromatic rings. The van der Waals surface area contributed by atoms with Gasteiger partial charge in [0.05, 0.1) is 13.1 Å². The van der Waals surface area contributed by atoms with Crippen molar-refractivity contribution in [2.24, 2.45) is 0 Å². The van der Waals surface area contributed by atoms with E-state index < -0.39 is 11.9 Å². The molecule has 1 aliphatic carbocycles. The largest absolute Gasteiger partial charge is 0.391 e. The highest BCUT2D eigenvalue weighted by Crippen LogP contribution is 2.43. The molecule has 1 saturated carbocycles. The standard InChI is InChI=1S/C10H15NO3S/c1-15-10(3-2-4-10)7-11-5-8(12)14-9(13)6-11/h2-7H2,1H3. The van der Waals surface area contributed by atoms with Crippen LogP contribution in [0.2, 0.25) is 0 Å². The lowest BCUT2D eigenvalue weighted by Crippen LogP contribution is -2.51. The minimum atomic E-state index is -0.415. The van der Waals surface area contributed by atoms with Crippen LogP contribution < -0.4 is 0 Å². The van der Waals surface area contributed by atoms with E-state index >= 15 is 0 Å². The number of morpholine rings is 1. The molecular weight excluding hydrogens is 214 g/mol. The first-order valence-electron chi connectivity index (χ1n) is 5.15. The van der Waals surface area contributed by atoms with Gasteiger partial charge in [0.15, 0.2) is 0 Å². The highest BCUT2D eigenvalue weighted by Gasteiger charge is 2.39. The molecule has 84 valence electrons. The van der Waals surface area contributed by atoms with Gasteiger partial charge < -0.3 is 4.74 Å². The lowest BCUT2D eigenvalue weighted by atomic mass is 9.83. The zero-order valence-electron chi connectivity index (χ0n) is 8.82. The lowest BCUT2D eigenvalue weighted by Gasteiger charge is -2.44. The summed E-state index contributed by atoms with van der Waals surface area (Å²) < 4.78 is 4.77.